The summed E-state index contributed by atoms with van der Waals surface area (Å²) in [5, 5.41) is 0. The molecule has 1 aliphatic rings. The van der Waals surface area contributed by atoms with Crippen LogP contribution in [0.25, 0.3) is 0 Å². The third kappa shape index (κ3) is 2.71. The van der Waals surface area contributed by atoms with Gasteiger partial charge in [0, 0.05) is 17.1 Å². The van der Waals surface area contributed by atoms with Crippen LogP contribution in [0.2, 0.25) is 4.47 Å². The summed E-state index contributed by atoms with van der Waals surface area (Å²) in [6.07, 6.45) is 4.44. The second kappa shape index (κ2) is 4.81. The van der Waals surface area contributed by atoms with E-state index in [0.29, 0.717) is 16.4 Å². The van der Waals surface area contributed by atoms with Crippen molar-refractivity contribution < 1.29 is 0 Å². The highest BCUT2D eigenvalue weighted by molar-refractivity contribution is 7.15. The van der Waals surface area contributed by atoms with E-state index in [1.54, 1.807) is 11.3 Å². The number of thiazole rings is 1. The van der Waals surface area contributed by atoms with Crippen molar-refractivity contribution in [2.75, 3.05) is 13.1 Å². The maximum Gasteiger partial charge on any atom is 0.183 e. The molecular weight excluding hydrogens is 228 g/mol. The minimum Gasteiger partial charge on any atom is -0.301 e. The topological polar surface area (TPSA) is 16.1 Å². The Balaban J connectivity index is 1.93. The highest BCUT2D eigenvalue weighted by atomic mass is 35.5. The van der Waals surface area contributed by atoms with Gasteiger partial charge in [0.2, 0.25) is 0 Å². The molecule has 1 fully saturated rings. The first-order valence-corrected chi connectivity index (χ1v) is 6.71. The normalized spacial score (nSPS) is 20.0. The maximum atomic E-state index is 5.86. The van der Waals surface area contributed by atoms with Crippen molar-refractivity contribution in [1.82, 2.24) is 9.88 Å². The molecule has 0 saturated carbocycles. The molecule has 0 atom stereocenters. The largest absolute Gasteiger partial charge is 0.301 e. The molecule has 1 aromatic heterocycles. The molecule has 0 spiro atoms. The maximum absolute atomic E-state index is 5.86. The fourth-order valence-corrected chi connectivity index (χ4v) is 3.28. The van der Waals surface area contributed by atoms with Gasteiger partial charge in [-0.05, 0) is 45.7 Å². The van der Waals surface area contributed by atoms with Crippen LogP contribution < -0.4 is 0 Å². The first-order chi connectivity index (χ1) is 7.16. The van der Waals surface area contributed by atoms with Crippen molar-refractivity contribution >= 4 is 22.9 Å². The van der Waals surface area contributed by atoms with Gasteiger partial charge in [-0.25, -0.2) is 4.98 Å². The lowest BCUT2D eigenvalue weighted by atomic mass is 9.95. The molecule has 2 rings (SSSR count). The summed E-state index contributed by atoms with van der Waals surface area (Å²) < 4.78 is 0.677. The number of halogens is 1. The average Bonchev–Trinajstić information content (AvgIpc) is 2.65. The smallest absolute Gasteiger partial charge is 0.183 e. The monoisotopic (exact) mass is 244 g/mol. The Morgan fingerprint density at radius 1 is 1.47 bits per heavy atom. The molecule has 0 unspecified atom stereocenters. The van der Waals surface area contributed by atoms with E-state index in [1.165, 1.54) is 30.8 Å². The molecule has 0 bridgehead atoms. The summed E-state index contributed by atoms with van der Waals surface area (Å²) in [5.74, 6) is 0.685. The Morgan fingerprint density at radius 3 is 2.60 bits per heavy atom. The number of rotatable bonds is 2. The minimum absolute atomic E-state index is 0.677. The number of hydrogen-bond acceptors (Lipinski definition) is 3. The highest BCUT2D eigenvalue weighted by Gasteiger charge is 2.23. The predicted molar refractivity (Wildman–Crippen MR) is 65.8 cm³/mol. The molecule has 0 radical (unpaired) electrons. The fourth-order valence-electron chi connectivity index (χ4n) is 2.15. The van der Waals surface area contributed by atoms with E-state index in [1.807, 2.05) is 6.20 Å². The third-order valence-electron chi connectivity index (χ3n) is 3.16. The van der Waals surface area contributed by atoms with Gasteiger partial charge >= 0.3 is 0 Å². The SMILES string of the molecule is CC(C)N1CCC(c2cnc(Cl)s2)CC1. The van der Waals surface area contributed by atoms with Gasteiger partial charge in [-0.2, -0.15) is 0 Å². The first kappa shape index (κ1) is 11.4. The quantitative estimate of drug-likeness (QED) is 0.793. The molecule has 1 saturated heterocycles. The van der Waals surface area contributed by atoms with E-state index in [2.05, 4.69) is 23.7 Å². The van der Waals surface area contributed by atoms with Crippen LogP contribution >= 0.6 is 22.9 Å². The van der Waals surface area contributed by atoms with Crippen molar-refractivity contribution in [2.24, 2.45) is 0 Å². The van der Waals surface area contributed by atoms with Crippen LogP contribution in [0.1, 0.15) is 37.5 Å². The minimum atomic E-state index is 0.677. The van der Waals surface area contributed by atoms with Gasteiger partial charge in [-0.15, -0.1) is 11.3 Å². The highest BCUT2D eigenvalue weighted by Crippen LogP contribution is 2.33. The lowest BCUT2D eigenvalue weighted by molar-refractivity contribution is 0.172. The van der Waals surface area contributed by atoms with Crippen molar-refractivity contribution in [3.05, 3.63) is 15.5 Å². The summed E-state index contributed by atoms with van der Waals surface area (Å²) >= 11 is 7.50. The summed E-state index contributed by atoms with van der Waals surface area (Å²) in [5.41, 5.74) is 0. The summed E-state index contributed by atoms with van der Waals surface area (Å²) in [4.78, 5) is 8.02. The van der Waals surface area contributed by atoms with Crippen molar-refractivity contribution in [1.29, 1.82) is 0 Å². The van der Waals surface area contributed by atoms with Crippen LogP contribution in [-0.4, -0.2) is 29.0 Å². The predicted octanol–water partition coefficient (Wildman–Crippen LogP) is 3.38. The molecule has 2 heterocycles. The Hall–Kier alpha value is -0.120. The van der Waals surface area contributed by atoms with Gasteiger partial charge in [0.25, 0.3) is 0 Å². The van der Waals surface area contributed by atoms with Crippen molar-refractivity contribution in [3.8, 4) is 0 Å². The number of nitrogens with zero attached hydrogens (tertiary/aromatic N) is 2. The zero-order valence-electron chi connectivity index (χ0n) is 9.24. The Morgan fingerprint density at radius 2 is 2.13 bits per heavy atom. The van der Waals surface area contributed by atoms with Crippen LogP contribution in [0.4, 0.5) is 0 Å². The van der Waals surface area contributed by atoms with E-state index >= 15 is 0 Å². The van der Waals surface area contributed by atoms with E-state index < -0.39 is 0 Å². The van der Waals surface area contributed by atoms with Crippen molar-refractivity contribution in [3.63, 3.8) is 0 Å². The molecule has 1 aliphatic heterocycles. The van der Waals surface area contributed by atoms with E-state index in [4.69, 9.17) is 11.6 Å². The summed E-state index contributed by atoms with van der Waals surface area (Å²) in [6.45, 7) is 6.95. The summed E-state index contributed by atoms with van der Waals surface area (Å²) in [7, 11) is 0. The van der Waals surface area contributed by atoms with Gasteiger partial charge < -0.3 is 4.90 Å². The lowest BCUT2D eigenvalue weighted by Gasteiger charge is -2.34. The van der Waals surface area contributed by atoms with Crippen LogP contribution in [-0.2, 0) is 0 Å². The standard InChI is InChI=1S/C11H17ClN2S/c1-8(2)14-5-3-9(4-6-14)10-7-13-11(12)15-10/h7-9H,3-6H2,1-2H3. The Labute approximate surface area is 100 Å². The van der Waals surface area contributed by atoms with Crippen LogP contribution in [0, 0.1) is 0 Å². The van der Waals surface area contributed by atoms with E-state index in [9.17, 15) is 0 Å². The van der Waals surface area contributed by atoms with Gasteiger partial charge in [0.1, 0.15) is 0 Å². The zero-order valence-corrected chi connectivity index (χ0v) is 10.8. The molecule has 15 heavy (non-hydrogen) atoms. The van der Waals surface area contributed by atoms with Gasteiger partial charge in [-0.1, -0.05) is 11.6 Å². The third-order valence-corrected chi connectivity index (χ3v) is 4.43. The van der Waals surface area contributed by atoms with Crippen molar-refractivity contribution in [2.45, 2.75) is 38.6 Å². The van der Waals surface area contributed by atoms with Crippen LogP contribution in [0.5, 0.6) is 0 Å². The summed E-state index contributed by atoms with van der Waals surface area (Å²) in [6, 6.07) is 0.677. The van der Waals surface area contributed by atoms with Crippen LogP contribution in [0.3, 0.4) is 0 Å². The molecule has 0 amide bonds. The molecule has 1 aromatic rings. The fraction of sp³-hybridized carbons (Fsp3) is 0.727. The average molecular weight is 245 g/mol. The van der Waals surface area contributed by atoms with E-state index in [0.717, 1.165) is 0 Å². The van der Waals surface area contributed by atoms with Gasteiger partial charge in [0.05, 0.1) is 0 Å². The molecule has 0 aliphatic carbocycles. The Kier molecular flexibility index (Phi) is 3.65. The number of hydrogen-bond donors (Lipinski definition) is 0. The van der Waals surface area contributed by atoms with E-state index in [-0.39, 0.29) is 0 Å². The molecular formula is C11H17ClN2S. The lowest BCUT2D eigenvalue weighted by Crippen LogP contribution is -2.37. The molecule has 2 nitrogen and oxygen atoms in total. The second-order valence-corrected chi connectivity index (χ2v) is 6.06. The molecule has 0 N–H and O–H groups in total. The number of piperidine rings is 1. The van der Waals surface area contributed by atoms with Gasteiger partial charge in [0.15, 0.2) is 4.47 Å². The van der Waals surface area contributed by atoms with Crippen LogP contribution in [0.15, 0.2) is 6.20 Å². The number of aromatic nitrogens is 1. The van der Waals surface area contributed by atoms with Gasteiger partial charge in [-0.3, -0.25) is 0 Å². The Bertz CT molecular complexity index is 316. The first-order valence-electron chi connectivity index (χ1n) is 5.52. The molecule has 84 valence electrons. The molecule has 4 heteroatoms. The zero-order chi connectivity index (χ0) is 10.8. The molecule has 0 aromatic carbocycles. The second-order valence-electron chi connectivity index (χ2n) is 4.42. The number of likely N-dealkylation sites (tertiary alicyclic amines) is 1.